The van der Waals surface area contributed by atoms with Crippen LogP contribution in [-0.4, -0.2) is 56.3 Å². The Balaban J connectivity index is 2.76. The number of hydrogen-bond donors (Lipinski definition) is 3. The number of halogens is 3. The SMILES string of the molecule is CSCCC(NS(=O)(=O)c1ccc(C)cc1)C(=O)NCCC(O)C(F)(F)F. The second-order valence-electron chi connectivity index (χ2n) is 5.91. The van der Waals surface area contributed by atoms with Crippen molar-refractivity contribution in [2.45, 2.75) is 43.0 Å². The fourth-order valence-corrected chi connectivity index (χ4v) is 3.77. The standard InChI is InChI=1S/C16H23F3N2O4S2/c1-11-3-5-12(6-4-11)27(24,25)21-13(8-10-26-2)15(23)20-9-7-14(22)16(17,18)19/h3-6,13-14,21-22H,7-10H2,1-2H3,(H,20,23). The number of carbonyl (C=O) groups excluding carboxylic acids is 1. The fourth-order valence-electron chi connectivity index (χ4n) is 2.07. The van der Waals surface area contributed by atoms with Gasteiger partial charge in [-0.2, -0.15) is 29.7 Å². The zero-order valence-electron chi connectivity index (χ0n) is 14.9. The molecule has 27 heavy (non-hydrogen) atoms. The highest BCUT2D eigenvalue weighted by atomic mass is 32.2. The summed E-state index contributed by atoms with van der Waals surface area (Å²) < 4.78 is 64.0. The first-order chi connectivity index (χ1) is 12.5. The van der Waals surface area contributed by atoms with Crippen LogP contribution in [0.25, 0.3) is 0 Å². The van der Waals surface area contributed by atoms with Gasteiger partial charge in [0.2, 0.25) is 15.9 Å². The first kappa shape index (κ1) is 23.7. The number of nitrogens with one attached hydrogen (secondary N) is 2. The molecule has 1 aromatic rings. The second kappa shape index (κ2) is 10.3. The van der Waals surface area contributed by atoms with Crippen molar-refractivity contribution in [1.82, 2.24) is 10.0 Å². The van der Waals surface area contributed by atoms with Crippen LogP contribution in [0.2, 0.25) is 0 Å². The van der Waals surface area contributed by atoms with Crippen LogP contribution in [0.3, 0.4) is 0 Å². The monoisotopic (exact) mass is 428 g/mol. The first-order valence-electron chi connectivity index (χ1n) is 8.08. The molecule has 0 heterocycles. The van der Waals surface area contributed by atoms with Gasteiger partial charge in [0.25, 0.3) is 0 Å². The quantitative estimate of drug-likeness (QED) is 0.529. The number of carbonyl (C=O) groups is 1. The number of aliphatic hydroxyl groups excluding tert-OH is 1. The minimum atomic E-state index is -4.77. The molecule has 3 N–H and O–H groups in total. The molecular weight excluding hydrogens is 405 g/mol. The van der Waals surface area contributed by atoms with Crippen molar-refractivity contribution in [3.8, 4) is 0 Å². The number of sulfonamides is 1. The Hall–Kier alpha value is -1.30. The Morgan fingerprint density at radius 1 is 1.22 bits per heavy atom. The maximum atomic E-state index is 12.4. The van der Waals surface area contributed by atoms with E-state index in [1.807, 2.05) is 0 Å². The molecule has 0 aliphatic heterocycles. The largest absolute Gasteiger partial charge is 0.414 e. The molecule has 2 unspecified atom stereocenters. The van der Waals surface area contributed by atoms with Crippen LogP contribution in [0.5, 0.6) is 0 Å². The zero-order chi connectivity index (χ0) is 20.7. The highest BCUT2D eigenvalue weighted by Gasteiger charge is 2.37. The molecular formula is C16H23F3N2O4S2. The fraction of sp³-hybridized carbons (Fsp3) is 0.562. The van der Waals surface area contributed by atoms with Crippen molar-refractivity contribution in [2.75, 3.05) is 18.6 Å². The van der Waals surface area contributed by atoms with E-state index in [-0.39, 0.29) is 11.3 Å². The molecule has 1 rings (SSSR count). The number of aliphatic hydroxyl groups is 1. The van der Waals surface area contributed by atoms with Crippen molar-refractivity contribution in [1.29, 1.82) is 0 Å². The lowest BCUT2D eigenvalue weighted by Crippen LogP contribution is -2.47. The Labute approximate surface area is 161 Å². The number of benzene rings is 1. The molecule has 0 saturated carbocycles. The van der Waals surface area contributed by atoms with Gasteiger partial charge in [-0.05, 0) is 43.9 Å². The van der Waals surface area contributed by atoms with E-state index in [9.17, 15) is 26.4 Å². The molecule has 11 heteroatoms. The average Bonchev–Trinajstić information content (AvgIpc) is 2.57. The van der Waals surface area contributed by atoms with Crippen LogP contribution in [-0.2, 0) is 14.8 Å². The highest BCUT2D eigenvalue weighted by molar-refractivity contribution is 7.98. The number of thioether (sulfide) groups is 1. The van der Waals surface area contributed by atoms with E-state index in [1.165, 1.54) is 23.9 Å². The second-order valence-corrected chi connectivity index (χ2v) is 8.61. The van der Waals surface area contributed by atoms with Gasteiger partial charge in [0, 0.05) is 6.54 Å². The first-order valence-corrected chi connectivity index (χ1v) is 11.0. The van der Waals surface area contributed by atoms with Gasteiger partial charge in [-0.15, -0.1) is 0 Å². The molecule has 0 aliphatic rings. The summed E-state index contributed by atoms with van der Waals surface area (Å²) in [6.07, 6.45) is -6.08. The van der Waals surface area contributed by atoms with Gasteiger partial charge in [0.05, 0.1) is 4.90 Å². The van der Waals surface area contributed by atoms with Crippen LogP contribution in [0, 0.1) is 6.92 Å². The Morgan fingerprint density at radius 3 is 2.33 bits per heavy atom. The molecule has 0 aromatic heterocycles. The summed E-state index contributed by atoms with van der Waals surface area (Å²) in [4.78, 5) is 12.2. The molecule has 0 aliphatic carbocycles. The smallest absolute Gasteiger partial charge is 0.384 e. The van der Waals surface area contributed by atoms with Crippen LogP contribution in [0.4, 0.5) is 13.2 Å². The number of amides is 1. The van der Waals surface area contributed by atoms with Crippen molar-refractivity contribution in [3.05, 3.63) is 29.8 Å². The lowest BCUT2D eigenvalue weighted by molar-refractivity contribution is -0.205. The van der Waals surface area contributed by atoms with Gasteiger partial charge >= 0.3 is 6.18 Å². The third-order valence-electron chi connectivity index (χ3n) is 3.65. The van der Waals surface area contributed by atoms with Gasteiger partial charge in [-0.25, -0.2) is 8.42 Å². The third kappa shape index (κ3) is 8.08. The van der Waals surface area contributed by atoms with E-state index >= 15 is 0 Å². The summed E-state index contributed by atoms with van der Waals surface area (Å²) in [7, 11) is -3.97. The van der Waals surface area contributed by atoms with E-state index < -0.39 is 47.2 Å². The van der Waals surface area contributed by atoms with E-state index in [0.717, 1.165) is 5.56 Å². The summed E-state index contributed by atoms with van der Waals surface area (Å²) in [5, 5.41) is 11.2. The minimum Gasteiger partial charge on any atom is -0.384 e. The van der Waals surface area contributed by atoms with Crippen molar-refractivity contribution in [2.24, 2.45) is 0 Å². The van der Waals surface area contributed by atoms with E-state index in [1.54, 1.807) is 25.3 Å². The molecule has 0 saturated heterocycles. The van der Waals surface area contributed by atoms with Crippen molar-refractivity contribution >= 4 is 27.7 Å². The van der Waals surface area contributed by atoms with Crippen LogP contribution < -0.4 is 10.0 Å². The minimum absolute atomic E-state index is 0.0115. The normalized spacial score (nSPS) is 14.6. The van der Waals surface area contributed by atoms with Crippen LogP contribution in [0.15, 0.2) is 29.2 Å². The molecule has 0 fully saturated rings. The molecule has 0 bridgehead atoms. The Bertz CT molecular complexity index is 709. The molecule has 0 radical (unpaired) electrons. The molecule has 6 nitrogen and oxygen atoms in total. The van der Waals surface area contributed by atoms with Gasteiger partial charge < -0.3 is 10.4 Å². The van der Waals surface area contributed by atoms with Crippen LogP contribution >= 0.6 is 11.8 Å². The topological polar surface area (TPSA) is 95.5 Å². The Morgan fingerprint density at radius 2 is 1.81 bits per heavy atom. The molecule has 2 atom stereocenters. The predicted octanol–water partition coefficient (Wildman–Crippen LogP) is 1.82. The van der Waals surface area contributed by atoms with E-state index in [0.29, 0.717) is 5.75 Å². The molecule has 0 spiro atoms. The van der Waals surface area contributed by atoms with Gasteiger partial charge in [0.15, 0.2) is 6.10 Å². The summed E-state index contributed by atoms with van der Waals surface area (Å²) in [6.45, 7) is 1.37. The number of rotatable bonds is 10. The summed E-state index contributed by atoms with van der Waals surface area (Å²) >= 11 is 1.40. The van der Waals surface area contributed by atoms with Gasteiger partial charge in [-0.3, -0.25) is 4.79 Å². The van der Waals surface area contributed by atoms with Crippen molar-refractivity contribution < 1.29 is 31.5 Å². The van der Waals surface area contributed by atoms with Gasteiger partial charge in [0.1, 0.15) is 6.04 Å². The lowest BCUT2D eigenvalue weighted by Gasteiger charge is -2.19. The predicted molar refractivity (Wildman–Crippen MR) is 98.0 cm³/mol. The maximum Gasteiger partial charge on any atom is 0.414 e. The zero-order valence-corrected chi connectivity index (χ0v) is 16.5. The van der Waals surface area contributed by atoms with Crippen molar-refractivity contribution in [3.63, 3.8) is 0 Å². The van der Waals surface area contributed by atoms with E-state index in [2.05, 4.69) is 10.0 Å². The third-order valence-corrected chi connectivity index (χ3v) is 5.78. The number of alkyl halides is 3. The van der Waals surface area contributed by atoms with Crippen LogP contribution in [0.1, 0.15) is 18.4 Å². The van der Waals surface area contributed by atoms with E-state index in [4.69, 9.17) is 5.11 Å². The Kier molecular flexibility index (Phi) is 9.06. The number of aryl methyl sites for hydroxylation is 1. The van der Waals surface area contributed by atoms with Gasteiger partial charge in [-0.1, -0.05) is 17.7 Å². The average molecular weight is 428 g/mol. The number of hydrogen-bond acceptors (Lipinski definition) is 5. The highest BCUT2D eigenvalue weighted by Crippen LogP contribution is 2.21. The molecule has 1 amide bonds. The summed E-state index contributed by atoms with van der Waals surface area (Å²) in [6, 6.07) is 4.90. The summed E-state index contributed by atoms with van der Waals surface area (Å²) in [5.74, 6) is -0.270. The maximum absolute atomic E-state index is 12.4. The molecule has 1 aromatic carbocycles. The lowest BCUT2D eigenvalue weighted by atomic mass is 10.2. The molecule has 154 valence electrons. The summed E-state index contributed by atoms with van der Waals surface area (Å²) in [5.41, 5.74) is 0.869.